The highest BCUT2D eigenvalue weighted by molar-refractivity contribution is 5.96. The summed E-state index contributed by atoms with van der Waals surface area (Å²) in [4.78, 5) is 83.6. The normalized spacial score (nSPS) is 15.5. The Balaban J connectivity index is 1.09. The second-order valence-electron chi connectivity index (χ2n) is 16.7. The van der Waals surface area contributed by atoms with Crippen LogP contribution in [0.2, 0.25) is 0 Å². The van der Waals surface area contributed by atoms with Crippen molar-refractivity contribution < 1.29 is 28.8 Å². The first-order valence-electron chi connectivity index (χ1n) is 21.6. The first-order chi connectivity index (χ1) is 29.9. The Morgan fingerprint density at radius 1 is 0.565 bits per heavy atom. The Bertz CT molecular complexity index is 2370. The third-order valence-electron chi connectivity index (χ3n) is 11.5. The zero-order valence-corrected chi connectivity index (χ0v) is 36.0. The van der Waals surface area contributed by atoms with Gasteiger partial charge in [-0.15, -0.1) is 0 Å². The van der Waals surface area contributed by atoms with E-state index >= 15 is 0 Å². The molecule has 0 radical (unpaired) electrons. The van der Waals surface area contributed by atoms with Gasteiger partial charge in [0.15, 0.2) is 5.78 Å². The molecule has 0 bridgehead atoms. The molecule has 1 fully saturated rings. The lowest BCUT2D eigenvalue weighted by molar-refractivity contribution is -0.133. The number of nitrogens with one attached hydrogen (secondary N) is 5. The summed E-state index contributed by atoms with van der Waals surface area (Å²) in [7, 11) is 0. The molecule has 1 heterocycles. The van der Waals surface area contributed by atoms with Crippen LogP contribution in [-0.2, 0) is 48.0 Å². The summed E-state index contributed by atoms with van der Waals surface area (Å²) in [5.41, 5.74) is 2.57. The lowest BCUT2D eigenvalue weighted by atomic mass is 9.92. The highest BCUT2D eigenvalue weighted by Gasteiger charge is 2.35. The topological polar surface area (TPSA) is 166 Å². The SMILES string of the molecule is CC(C)C(=O)[C@H](Cc1cccc2ccccc12)NC(=O)[C@H](Cc1ccccc1)NC(=O)CNC(=O)CNC(=O)[C@H](Cc1cccc2ccccc12)NC(=O)[C@@H]1CCCN1C(C)C. The lowest BCUT2D eigenvalue weighted by Crippen LogP contribution is -2.55. The van der Waals surface area contributed by atoms with E-state index in [-0.39, 0.29) is 49.0 Å². The second-order valence-corrected chi connectivity index (χ2v) is 16.7. The van der Waals surface area contributed by atoms with Crippen molar-refractivity contribution in [2.75, 3.05) is 19.6 Å². The average molecular weight is 839 g/mol. The molecule has 12 heteroatoms. The Morgan fingerprint density at radius 3 is 1.73 bits per heavy atom. The van der Waals surface area contributed by atoms with Crippen LogP contribution in [0.25, 0.3) is 21.5 Å². The molecule has 12 nitrogen and oxygen atoms in total. The molecule has 324 valence electrons. The van der Waals surface area contributed by atoms with Crippen LogP contribution in [-0.4, -0.2) is 90.1 Å². The first kappa shape index (κ1) is 45.1. The molecule has 1 aliphatic rings. The Morgan fingerprint density at radius 2 is 1.11 bits per heavy atom. The van der Waals surface area contributed by atoms with Crippen molar-refractivity contribution in [3.05, 3.63) is 132 Å². The molecule has 4 atom stereocenters. The molecule has 0 aliphatic carbocycles. The minimum atomic E-state index is -1.07. The van der Waals surface area contributed by atoms with Crippen molar-refractivity contribution in [3.8, 4) is 0 Å². The zero-order chi connectivity index (χ0) is 44.2. The van der Waals surface area contributed by atoms with Crippen molar-refractivity contribution in [3.63, 3.8) is 0 Å². The predicted molar refractivity (Wildman–Crippen MR) is 242 cm³/mol. The van der Waals surface area contributed by atoms with E-state index in [9.17, 15) is 28.8 Å². The number of carbonyl (C=O) groups is 6. The Kier molecular flexibility index (Phi) is 15.6. The maximum absolute atomic E-state index is 14.0. The van der Waals surface area contributed by atoms with Gasteiger partial charge in [0, 0.05) is 31.2 Å². The van der Waals surface area contributed by atoms with Gasteiger partial charge in [0.2, 0.25) is 29.5 Å². The van der Waals surface area contributed by atoms with Crippen molar-refractivity contribution in [2.24, 2.45) is 5.92 Å². The minimum absolute atomic E-state index is 0.138. The summed E-state index contributed by atoms with van der Waals surface area (Å²) < 4.78 is 0. The first-order valence-corrected chi connectivity index (χ1v) is 21.6. The molecule has 6 rings (SSSR count). The molecule has 5 aromatic rings. The fraction of sp³-hybridized carbons (Fsp3) is 0.360. The van der Waals surface area contributed by atoms with Crippen LogP contribution in [0.3, 0.4) is 0 Å². The van der Waals surface area contributed by atoms with Crippen molar-refractivity contribution in [1.29, 1.82) is 0 Å². The number of rotatable bonds is 19. The van der Waals surface area contributed by atoms with Gasteiger partial charge < -0.3 is 26.6 Å². The van der Waals surface area contributed by atoms with Gasteiger partial charge in [0.05, 0.1) is 25.2 Å². The van der Waals surface area contributed by atoms with Crippen LogP contribution in [0.15, 0.2) is 115 Å². The predicted octanol–water partition coefficient (Wildman–Crippen LogP) is 4.81. The van der Waals surface area contributed by atoms with Gasteiger partial charge in [-0.1, -0.05) is 129 Å². The number of benzene rings is 5. The fourth-order valence-corrected chi connectivity index (χ4v) is 8.28. The molecule has 1 saturated heterocycles. The molecular weight excluding hydrogens is 781 g/mol. The molecule has 0 saturated carbocycles. The van der Waals surface area contributed by atoms with Crippen molar-refractivity contribution in [1.82, 2.24) is 31.5 Å². The summed E-state index contributed by atoms with van der Waals surface area (Å²) in [5.74, 6) is -3.07. The number of hydrogen-bond acceptors (Lipinski definition) is 7. The maximum atomic E-state index is 14.0. The monoisotopic (exact) mass is 838 g/mol. The fourth-order valence-electron chi connectivity index (χ4n) is 8.28. The summed E-state index contributed by atoms with van der Waals surface area (Å²) in [6, 6.07) is 33.5. The number of Topliss-reactive ketones (excluding diaryl/α,β-unsaturated/α-hetero) is 1. The van der Waals surface area contributed by atoms with Gasteiger partial charge in [-0.2, -0.15) is 0 Å². The van der Waals surface area contributed by atoms with Gasteiger partial charge in [0.1, 0.15) is 12.1 Å². The van der Waals surface area contributed by atoms with Gasteiger partial charge in [-0.05, 0) is 71.5 Å². The van der Waals surface area contributed by atoms with E-state index in [2.05, 4.69) is 31.5 Å². The van der Waals surface area contributed by atoms with Crippen LogP contribution in [0, 0.1) is 5.92 Å². The third kappa shape index (κ3) is 11.9. The van der Waals surface area contributed by atoms with Crippen LogP contribution >= 0.6 is 0 Å². The highest BCUT2D eigenvalue weighted by Crippen LogP contribution is 2.23. The molecule has 0 unspecified atom stereocenters. The number of ketones is 1. The minimum Gasteiger partial charge on any atom is -0.346 e. The van der Waals surface area contributed by atoms with Gasteiger partial charge in [-0.3, -0.25) is 33.7 Å². The second kappa shape index (κ2) is 21.4. The molecule has 62 heavy (non-hydrogen) atoms. The average Bonchev–Trinajstić information content (AvgIpc) is 3.78. The number of amides is 5. The summed E-state index contributed by atoms with van der Waals surface area (Å²) >= 11 is 0. The van der Waals surface area contributed by atoms with E-state index in [1.165, 1.54) is 0 Å². The zero-order valence-electron chi connectivity index (χ0n) is 36.0. The van der Waals surface area contributed by atoms with Crippen LogP contribution < -0.4 is 26.6 Å². The van der Waals surface area contributed by atoms with Crippen LogP contribution in [0.5, 0.6) is 0 Å². The molecular formula is C50H58N6O6. The van der Waals surface area contributed by atoms with E-state index in [1.54, 1.807) is 13.8 Å². The van der Waals surface area contributed by atoms with E-state index in [1.807, 2.05) is 129 Å². The summed E-state index contributed by atoms with van der Waals surface area (Å²) in [6.45, 7) is 7.54. The van der Waals surface area contributed by atoms with Gasteiger partial charge in [-0.25, -0.2) is 0 Å². The van der Waals surface area contributed by atoms with E-state index < -0.39 is 54.8 Å². The van der Waals surface area contributed by atoms with E-state index in [0.29, 0.717) is 6.42 Å². The standard InChI is InChI=1S/C50H58N6O6/c1-32(2)47(59)41(28-37-21-12-19-35-17-8-10-23-39(35)37)54-49(61)42(27-34-15-6-5-7-16-34)53-46(58)31-51-45(57)30-52-48(60)43(55-50(62)44-25-14-26-56(44)33(3)4)29-38-22-13-20-36-18-9-11-24-40(36)38/h5-13,15-24,32-33,41-44H,14,25-31H2,1-4H3,(H,51,57)(H,52,60)(H,53,58)(H,54,61)(H,55,62)/t41-,42-,43-,44-/m0/s1. The van der Waals surface area contributed by atoms with Crippen LogP contribution in [0.1, 0.15) is 57.2 Å². The Labute approximate surface area is 363 Å². The lowest BCUT2D eigenvalue weighted by Gasteiger charge is -2.29. The number of nitrogens with zero attached hydrogens (tertiary/aromatic N) is 1. The molecule has 0 spiro atoms. The number of likely N-dealkylation sites (tertiary alicyclic amines) is 1. The summed E-state index contributed by atoms with van der Waals surface area (Å²) in [6.07, 6.45) is 2.17. The quantitative estimate of drug-likeness (QED) is 0.0797. The van der Waals surface area contributed by atoms with Crippen molar-refractivity contribution >= 4 is 56.9 Å². The summed E-state index contributed by atoms with van der Waals surface area (Å²) in [5, 5.41) is 17.9. The number of fused-ring (bicyclic) bond motifs is 2. The number of carbonyl (C=O) groups excluding carboxylic acids is 6. The Hall–Kier alpha value is -6.40. The molecule has 0 aromatic heterocycles. The van der Waals surface area contributed by atoms with Crippen molar-refractivity contribution in [2.45, 2.75) is 90.0 Å². The molecule has 5 amide bonds. The smallest absolute Gasteiger partial charge is 0.243 e. The van der Waals surface area contributed by atoms with Gasteiger partial charge >= 0.3 is 0 Å². The van der Waals surface area contributed by atoms with Gasteiger partial charge in [0.25, 0.3) is 0 Å². The maximum Gasteiger partial charge on any atom is 0.243 e. The van der Waals surface area contributed by atoms with E-state index in [4.69, 9.17) is 0 Å². The van der Waals surface area contributed by atoms with E-state index in [0.717, 1.165) is 51.2 Å². The molecule has 5 N–H and O–H groups in total. The largest absolute Gasteiger partial charge is 0.346 e. The highest BCUT2D eigenvalue weighted by atomic mass is 16.2. The molecule has 5 aromatic carbocycles. The third-order valence-corrected chi connectivity index (χ3v) is 11.5. The molecule has 1 aliphatic heterocycles. The van der Waals surface area contributed by atoms with Crippen LogP contribution in [0.4, 0.5) is 0 Å². The number of hydrogen-bond donors (Lipinski definition) is 5.